The molecule has 7 nitrogen and oxygen atoms in total. The minimum Gasteiger partial charge on any atom is -0.486 e. The minimum atomic E-state index is -3.60. The number of nitrogens with zero attached hydrogens (tertiary/aromatic N) is 1. The van der Waals surface area contributed by atoms with E-state index in [1.807, 2.05) is 0 Å². The molecule has 20 heavy (non-hydrogen) atoms. The highest BCUT2D eigenvalue weighted by molar-refractivity contribution is 9.10. The van der Waals surface area contributed by atoms with Gasteiger partial charge in [-0.05, 0) is 28.4 Å². The molecular formula is C11H15BrN2O5S. The van der Waals surface area contributed by atoms with Crippen LogP contribution >= 0.6 is 15.9 Å². The third-order valence-electron chi connectivity index (χ3n) is 2.65. The van der Waals surface area contributed by atoms with E-state index < -0.39 is 14.9 Å². The number of nitro groups is 1. The number of para-hydroxylation sites is 1. The van der Waals surface area contributed by atoms with Gasteiger partial charge in [0.05, 0.1) is 21.8 Å². The maximum absolute atomic E-state index is 11.1. The number of ether oxygens (including phenoxy) is 1. The van der Waals surface area contributed by atoms with Gasteiger partial charge in [0.2, 0.25) is 15.8 Å². The van der Waals surface area contributed by atoms with Crippen molar-refractivity contribution in [3.63, 3.8) is 0 Å². The molecule has 9 heteroatoms. The van der Waals surface area contributed by atoms with Crippen LogP contribution in [-0.2, 0) is 10.0 Å². The number of rotatable bonds is 7. The summed E-state index contributed by atoms with van der Waals surface area (Å²) in [6.45, 7) is 1.84. The van der Waals surface area contributed by atoms with Crippen molar-refractivity contribution in [2.24, 2.45) is 11.1 Å². The van der Waals surface area contributed by atoms with Gasteiger partial charge in [-0.15, -0.1) is 0 Å². The molecule has 0 saturated carbocycles. The molecule has 1 atom stereocenters. The SMILES string of the molecule is CCC(COc1c(Br)cccc1[N+](=O)[O-])CS(N)(=O)=O. The fourth-order valence-corrected chi connectivity index (χ4v) is 3.06. The molecule has 0 aliphatic carbocycles. The number of nitrogens with two attached hydrogens (primary N) is 1. The number of primary sulfonamides is 1. The summed E-state index contributed by atoms with van der Waals surface area (Å²) in [7, 11) is -3.60. The summed E-state index contributed by atoms with van der Waals surface area (Å²) in [5.41, 5.74) is -0.176. The van der Waals surface area contributed by atoms with Gasteiger partial charge in [0.25, 0.3) is 0 Å². The van der Waals surface area contributed by atoms with Crippen LogP contribution in [0, 0.1) is 16.0 Å². The van der Waals surface area contributed by atoms with E-state index >= 15 is 0 Å². The molecule has 1 aromatic carbocycles. The van der Waals surface area contributed by atoms with Gasteiger partial charge in [0.1, 0.15) is 0 Å². The Morgan fingerprint density at radius 2 is 2.15 bits per heavy atom. The van der Waals surface area contributed by atoms with Gasteiger partial charge >= 0.3 is 5.69 Å². The van der Waals surface area contributed by atoms with Crippen LogP contribution in [0.3, 0.4) is 0 Å². The Hall–Kier alpha value is -1.19. The largest absolute Gasteiger partial charge is 0.486 e. The number of hydrogen-bond donors (Lipinski definition) is 1. The molecule has 1 rings (SSSR count). The smallest absolute Gasteiger partial charge is 0.312 e. The summed E-state index contributed by atoms with van der Waals surface area (Å²) >= 11 is 3.18. The van der Waals surface area contributed by atoms with Gasteiger partial charge in [-0.25, -0.2) is 13.6 Å². The average molecular weight is 367 g/mol. The second-order valence-electron chi connectivity index (χ2n) is 4.26. The van der Waals surface area contributed by atoms with Crippen molar-refractivity contribution < 1.29 is 18.1 Å². The molecule has 1 aromatic rings. The molecule has 0 aliphatic heterocycles. The Morgan fingerprint density at radius 3 is 2.65 bits per heavy atom. The lowest BCUT2D eigenvalue weighted by molar-refractivity contribution is -0.386. The Balaban J connectivity index is 2.86. The molecule has 0 radical (unpaired) electrons. The lowest BCUT2D eigenvalue weighted by Crippen LogP contribution is -2.26. The predicted octanol–water partition coefficient (Wildman–Crippen LogP) is 2.05. The highest BCUT2D eigenvalue weighted by Gasteiger charge is 2.21. The zero-order chi connectivity index (χ0) is 15.3. The van der Waals surface area contributed by atoms with E-state index in [-0.39, 0.29) is 29.7 Å². The van der Waals surface area contributed by atoms with Crippen LogP contribution in [0.1, 0.15) is 13.3 Å². The van der Waals surface area contributed by atoms with Gasteiger partial charge in [0, 0.05) is 12.0 Å². The molecule has 0 spiro atoms. The van der Waals surface area contributed by atoms with Crippen LogP contribution in [0.2, 0.25) is 0 Å². The van der Waals surface area contributed by atoms with Crippen LogP contribution in [0.5, 0.6) is 5.75 Å². The molecule has 0 heterocycles. The van der Waals surface area contributed by atoms with E-state index in [1.54, 1.807) is 13.0 Å². The monoisotopic (exact) mass is 366 g/mol. The summed E-state index contributed by atoms with van der Waals surface area (Å²) in [6, 6.07) is 4.46. The van der Waals surface area contributed by atoms with Gasteiger partial charge < -0.3 is 4.74 Å². The van der Waals surface area contributed by atoms with Crippen LogP contribution in [0.4, 0.5) is 5.69 Å². The number of hydrogen-bond acceptors (Lipinski definition) is 5. The van der Waals surface area contributed by atoms with Crippen molar-refractivity contribution >= 4 is 31.6 Å². The first-order valence-corrected chi connectivity index (χ1v) is 8.31. The first-order valence-electron chi connectivity index (χ1n) is 5.80. The average Bonchev–Trinajstić information content (AvgIpc) is 2.33. The quantitative estimate of drug-likeness (QED) is 0.585. The lowest BCUT2D eigenvalue weighted by atomic mass is 10.1. The molecule has 0 fully saturated rings. The normalized spacial score (nSPS) is 12.9. The number of sulfonamides is 1. The third-order valence-corrected chi connectivity index (χ3v) is 4.21. The van der Waals surface area contributed by atoms with Gasteiger partial charge in [-0.3, -0.25) is 10.1 Å². The van der Waals surface area contributed by atoms with Crippen molar-refractivity contribution in [2.45, 2.75) is 13.3 Å². The molecule has 2 N–H and O–H groups in total. The maximum atomic E-state index is 11.1. The predicted molar refractivity (Wildman–Crippen MR) is 78.0 cm³/mol. The van der Waals surface area contributed by atoms with E-state index in [1.165, 1.54) is 12.1 Å². The number of halogens is 1. The fraction of sp³-hybridized carbons (Fsp3) is 0.455. The van der Waals surface area contributed by atoms with Crippen molar-refractivity contribution in [2.75, 3.05) is 12.4 Å². The lowest BCUT2D eigenvalue weighted by Gasteiger charge is -2.15. The Labute approximate surface area is 125 Å². The van der Waals surface area contributed by atoms with E-state index in [4.69, 9.17) is 9.88 Å². The van der Waals surface area contributed by atoms with Crippen LogP contribution in [-0.4, -0.2) is 25.7 Å². The topological polar surface area (TPSA) is 113 Å². The van der Waals surface area contributed by atoms with Crippen molar-refractivity contribution in [1.82, 2.24) is 0 Å². The molecule has 1 unspecified atom stereocenters. The first-order chi connectivity index (χ1) is 9.24. The highest BCUT2D eigenvalue weighted by atomic mass is 79.9. The minimum absolute atomic E-state index is 0.0381. The summed E-state index contributed by atoms with van der Waals surface area (Å²) in [5.74, 6) is -0.455. The highest BCUT2D eigenvalue weighted by Crippen LogP contribution is 2.35. The maximum Gasteiger partial charge on any atom is 0.312 e. The molecule has 0 saturated heterocycles. The molecule has 112 valence electrons. The zero-order valence-electron chi connectivity index (χ0n) is 10.8. The Bertz CT molecular complexity index is 590. The van der Waals surface area contributed by atoms with E-state index in [0.717, 1.165) is 0 Å². The fourth-order valence-electron chi connectivity index (χ4n) is 1.60. The second-order valence-corrected chi connectivity index (χ2v) is 6.77. The number of nitro benzene ring substituents is 1. The number of benzene rings is 1. The van der Waals surface area contributed by atoms with E-state index in [0.29, 0.717) is 10.9 Å². The molecule has 0 aromatic heterocycles. The van der Waals surface area contributed by atoms with E-state index in [9.17, 15) is 18.5 Å². The standard InChI is InChI=1S/C11H15BrN2O5S/c1-2-8(7-20(13,17)18)6-19-11-9(12)4-3-5-10(11)14(15)16/h3-5,8H,2,6-7H2,1H3,(H2,13,17,18). The molecule has 0 bridgehead atoms. The summed E-state index contributed by atoms with van der Waals surface area (Å²) in [5, 5.41) is 15.9. The van der Waals surface area contributed by atoms with Crippen LogP contribution in [0.25, 0.3) is 0 Å². The summed E-state index contributed by atoms with van der Waals surface area (Å²) < 4.78 is 28.0. The Morgan fingerprint density at radius 1 is 1.50 bits per heavy atom. The second kappa shape index (κ2) is 7.00. The first kappa shape index (κ1) is 16.9. The van der Waals surface area contributed by atoms with E-state index in [2.05, 4.69) is 15.9 Å². The zero-order valence-corrected chi connectivity index (χ0v) is 13.2. The van der Waals surface area contributed by atoms with Crippen LogP contribution in [0.15, 0.2) is 22.7 Å². The van der Waals surface area contributed by atoms with Crippen molar-refractivity contribution in [3.05, 3.63) is 32.8 Å². The molecule has 0 aliphatic rings. The summed E-state index contributed by atoms with van der Waals surface area (Å²) in [4.78, 5) is 10.4. The van der Waals surface area contributed by atoms with Gasteiger partial charge in [0.15, 0.2) is 0 Å². The molecule has 0 amide bonds. The Kier molecular flexibility index (Phi) is 5.90. The van der Waals surface area contributed by atoms with Gasteiger partial charge in [-0.2, -0.15) is 0 Å². The van der Waals surface area contributed by atoms with Gasteiger partial charge in [-0.1, -0.05) is 13.0 Å². The van der Waals surface area contributed by atoms with Crippen molar-refractivity contribution in [1.29, 1.82) is 0 Å². The third kappa shape index (κ3) is 5.06. The van der Waals surface area contributed by atoms with Crippen molar-refractivity contribution in [3.8, 4) is 5.75 Å². The summed E-state index contributed by atoms with van der Waals surface area (Å²) in [6.07, 6.45) is 0.536. The van der Waals surface area contributed by atoms with Crippen LogP contribution < -0.4 is 9.88 Å². The molecular weight excluding hydrogens is 352 g/mol.